The van der Waals surface area contributed by atoms with Crippen LogP contribution in [0, 0.1) is 0 Å². The van der Waals surface area contributed by atoms with Crippen molar-refractivity contribution < 1.29 is 0 Å². The van der Waals surface area contributed by atoms with Crippen molar-refractivity contribution >= 4 is 18.4 Å². The molecule has 2 aliphatic carbocycles. The van der Waals surface area contributed by atoms with Crippen LogP contribution in [0.5, 0.6) is 0 Å². The summed E-state index contributed by atoms with van der Waals surface area (Å²) < 4.78 is 0. The molecular formula is C24H22Si. The minimum absolute atomic E-state index is 0.407. The van der Waals surface area contributed by atoms with E-state index in [9.17, 15) is 0 Å². The number of hydrogen-bond acceptors (Lipinski definition) is 0. The second-order valence-electron chi connectivity index (χ2n) is 6.58. The molecule has 122 valence electrons. The molecule has 0 amide bonds. The van der Waals surface area contributed by atoms with E-state index in [2.05, 4.69) is 121 Å². The van der Waals surface area contributed by atoms with Gasteiger partial charge in [0.15, 0.2) is 0 Å². The van der Waals surface area contributed by atoms with Crippen LogP contribution in [0.15, 0.2) is 121 Å². The highest BCUT2D eigenvalue weighted by atomic mass is 28.3. The van der Waals surface area contributed by atoms with Gasteiger partial charge in [-0.05, 0) is 11.1 Å². The van der Waals surface area contributed by atoms with Gasteiger partial charge in [0.25, 0.3) is 0 Å². The highest BCUT2D eigenvalue weighted by Gasteiger charge is 2.47. The van der Waals surface area contributed by atoms with Gasteiger partial charge in [0.05, 0.1) is 0 Å². The van der Waals surface area contributed by atoms with Crippen molar-refractivity contribution in [3.05, 3.63) is 121 Å². The van der Waals surface area contributed by atoms with Gasteiger partial charge in [-0.25, -0.2) is 0 Å². The quantitative estimate of drug-likeness (QED) is 0.703. The smallest absolute Gasteiger partial charge is 0.0796 e. The first kappa shape index (κ1) is 15.9. The van der Waals surface area contributed by atoms with Gasteiger partial charge in [0, 0.05) is 0 Å². The third-order valence-corrected chi connectivity index (χ3v) is 10.7. The van der Waals surface area contributed by atoms with Crippen molar-refractivity contribution in [1.29, 1.82) is 0 Å². The predicted octanol–water partition coefficient (Wildman–Crippen LogP) is 4.80. The van der Waals surface area contributed by atoms with Crippen LogP contribution in [-0.4, -0.2) is 8.07 Å². The Bertz CT molecular complexity index is 786. The van der Waals surface area contributed by atoms with Crippen molar-refractivity contribution in [3.8, 4) is 0 Å². The summed E-state index contributed by atoms with van der Waals surface area (Å²) in [7, 11) is -2.13. The average molecular weight is 339 g/mol. The van der Waals surface area contributed by atoms with Crippen LogP contribution in [0.2, 0.25) is 11.1 Å². The molecule has 0 nitrogen and oxygen atoms in total. The molecule has 0 unspecified atom stereocenters. The largest absolute Gasteiger partial charge is 0.138 e. The number of hydrogen-bond donors (Lipinski definition) is 0. The zero-order valence-electron chi connectivity index (χ0n) is 14.2. The zero-order valence-corrected chi connectivity index (χ0v) is 15.2. The highest BCUT2D eigenvalue weighted by molar-refractivity contribution is 7.05. The normalized spacial score (nSPS) is 17.3. The van der Waals surface area contributed by atoms with E-state index in [1.54, 1.807) is 0 Å². The molecule has 2 aromatic carbocycles. The minimum atomic E-state index is -2.13. The van der Waals surface area contributed by atoms with E-state index >= 15 is 0 Å². The van der Waals surface area contributed by atoms with E-state index in [-0.39, 0.29) is 0 Å². The lowest BCUT2D eigenvalue weighted by atomic mass is 10.3. The first-order valence-electron chi connectivity index (χ1n) is 8.90. The second kappa shape index (κ2) is 7.08. The second-order valence-corrected chi connectivity index (χ2v) is 10.8. The SMILES string of the molecule is C1=CC=CC([Si](c2ccccc2)(c2ccccc2)C2C=CC=C2)C=C1. The van der Waals surface area contributed by atoms with Crippen LogP contribution >= 0.6 is 0 Å². The Kier molecular flexibility index (Phi) is 4.49. The maximum absolute atomic E-state index is 2.40. The molecular weight excluding hydrogens is 316 g/mol. The van der Waals surface area contributed by atoms with Crippen LogP contribution in [0.3, 0.4) is 0 Å². The van der Waals surface area contributed by atoms with Gasteiger partial charge >= 0.3 is 0 Å². The number of benzene rings is 2. The fraction of sp³-hybridized carbons (Fsp3) is 0.0833. The number of rotatable bonds is 4. The third-order valence-electron chi connectivity index (χ3n) is 5.27. The Balaban J connectivity index is 2.01. The topological polar surface area (TPSA) is 0 Å². The lowest BCUT2D eigenvalue weighted by Crippen LogP contribution is -2.63. The number of allylic oxidation sites excluding steroid dienone is 10. The molecule has 0 aliphatic heterocycles. The first-order chi connectivity index (χ1) is 12.4. The molecule has 0 heterocycles. The molecule has 0 saturated heterocycles. The van der Waals surface area contributed by atoms with Gasteiger partial charge in [-0.15, -0.1) is 0 Å². The molecule has 4 rings (SSSR count). The van der Waals surface area contributed by atoms with Crippen molar-refractivity contribution in [2.75, 3.05) is 0 Å². The Morgan fingerprint density at radius 2 is 0.800 bits per heavy atom. The van der Waals surface area contributed by atoms with Crippen LogP contribution < -0.4 is 10.4 Å². The molecule has 0 spiro atoms. The van der Waals surface area contributed by atoms with E-state index in [0.29, 0.717) is 11.1 Å². The molecule has 1 heteroatoms. The molecule has 2 aliphatic rings. The molecule has 0 N–H and O–H groups in total. The zero-order chi connectivity index (χ0) is 17.0. The maximum atomic E-state index is 2.40. The van der Waals surface area contributed by atoms with Crippen LogP contribution in [0.1, 0.15) is 0 Å². The summed E-state index contributed by atoms with van der Waals surface area (Å²) in [4.78, 5) is 0. The summed E-state index contributed by atoms with van der Waals surface area (Å²) in [6.45, 7) is 0. The molecule has 0 atom stereocenters. The van der Waals surface area contributed by atoms with E-state index in [4.69, 9.17) is 0 Å². The third kappa shape index (κ3) is 2.81. The standard InChI is InChI=1S/C24H22Si/c1-2-6-14-21(13-5-1)25(24-19-11-12-20-24,22-15-7-3-8-16-22)23-17-9-4-10-18-23/h1-21,24H. The van der Waals surface area contributed by atoms with Gasteiger partial charge in [-0.1, -0.05) is 132 Å². The summed E-state index contributed by atoms with van der Waals surface area (Å²) >= 11 is 0. The summed E-state index contributed by atoms with van der Waals surface area (Å²) in [6.07, 6.45) is 22.7. The van der Waals surface area contributed by atoms with E-state index in [0.717, 1.165) is 0 Å². The molecule has 0 fully saturated rings. The van der Waals surface area contributed by atoms with Gasteiger partial charge in [-0.3, -0.25) is 0 Å². The molecule has 0 radical (unpaired) electrons. The maximum Gasteiger partial charge on any atom is 0.138 e. The average Bonchev–Trinajstić information content (AvgIpc) is 3.08. The van der Waals surface area contributed by atoms with E-state index < -0.39 is 8.07 Å². The summed E-state index contributed by atoms with van der Waals surface area (Å²) in [5.74, 6) is 0. The minimum Gasteiger partial charge on any atom is -0.0796 e. The summed E-state index contributed by atoms with van der Waals surface area (Å²) in [5, 5.41) is 2.98. The highest BCUT2D eigenvalue weighted by Crippen LogP contribution is 2.39. The van der Waals surface area contributed by atoms with Crippen molar-refractivity contribution in [2.45, 2.75) is 11.1 Å². The van der Waals surface area contributed by atoms with Crippen LogP contribution in [0.25, 0.3) is 0 Å². The molecule has 0 saturated carbocycles. The fourth-order valence-corrected chi connectivity index (χ4v) is 9.65. The molecule has 0 bridgehead atoms. The predicted molar refractivity (Wildman–Crippen MR) is 111 cm³/mol. The van der Waals surface area contributed by atoms with Gasteiger partial charge in [0.1, 0.15) is 8.07 Å². The Morgan fingerprint density at radius 1 is 0.440 bits per heavy atom. The fourth-order valence-electron chi connectivity index (χ4n) is 4.19. The lowest BCUT2D eigenvalue weighted by Gasteiger charge is -2.41. The Hall–Kier alpha value is -2.64. The van der Waals surface area contributed by atoms with Gasteiger partial charge in [0.2, 0.25) is 0 Å². The summed E-state index contributed by atoms with van der Waals surface area (Å²) in [6, 6.07) is 22.3. The first-order valence-corrected chi connectivity index (χ1v) is 11.1. The van der Waals surface area contributed by atoms with E-state index in [1.807, 2.05) is 0 Å². The van der Waals surface area contributed by atoms with Gasteiger partial charge < -0.3 is 0 Å². The van der Waals surface area contributed by atoms with Crippen molar-refractivity contribution in [1.82, 2.24) is 0 Å². The van der Waals surface area contributed by atoms with Crippen molar-refractivity contribution in [2.24, 2.45) is 0 Å². The molecule has 2 aromatic rings. The molecule has 25 heavy (non-hydrogen) atoms. The van der Waals surface area contributed by atoms with E-state index in [1.165, 1.54) is 10.4 Å². The molecule has 0 aromatic heterocycles. The Morgan fingerprint density at radius 3 is 1.20 bits per heavy atom. The lowest BCUT2D eigenvalue weighted by molar-refractivity contribution is 1.19. The van der Waals surface area contributed by atoms with Crippen LogP contribution in [-0.2, 0) is 0 Å². The van der Waals surface area contributed by atoms with Gasteiger partial charge in [-0.2, -0.15) is 0 Å². The summed E-state index contributed by atoms with van der Waals surface area (Å²) in [5.41, 5.74) is 0.861. The monoisotopic (exact) mass is 338 g/mol. The van der Waals surface area contributed by atoms with Crippen molar-refractivity contribution in [3.63, 3.8) is 0 Å². The van der Waals surface area contributed by atoms with Crippen LogP contribution in [0.4, 0.5) is 0 Å². The Labute approximate surface area is 151 Å².